The average molecular weight is 252 g/mol. The van der Waals surface area contributed by atoms with E-state index in [1.54, 1.807) is 6.55 Å². The molecule has 0 saturated carbocycles. The molecule has 0 fully saturated rings. The van der Waals surface area contributed by atoms with Gasteiger partial charge in [0.25, 0.3) is 5.97 Å². The van der Waals surface area contributed by atoms with Crippen LogP contribution in [0, 0.1) is 0 Å². The van der Waals surface area contributed by atoms with E-state index in [1.807, 2.05) is 20.8 Å². The van der Waals surface area contributed by atoms with Gasteiger partial charge in [0, 0.05) is 25.0 Å². The zero-order valence-corrected chi connectivity index (χ0v) is 11.7. The molecule has 0 aliphatic rings. The molecule has 0 aromatic rings. The Hall–Kier alpha value is -0.0431. The molecule has 0 aromatic carbocycles. The first-order valence-electron chi connectivity index (χ1n) is 5.11. The van der Waals surface area contributed by atoms with Gasteiger partial charge in [-0.05, 0) is 13.8 Å². The SMILES string of the molecule is CCO[Si](C)(OCC)OC(=O)CC(C)S. The number of thiol groups is 1. The fourth-order valence-corrected chi connectivity index (χ4v) is 3.01. The van der Waals surface area contributed by atoms with Crippen LogP contribution >= 0.6 is 12.6 Å². The molecular formula is C9H20O4SSi. The normalized spacial score (nSPS) is 13.7. The molecule has 0 N–H and O–H groups in total. The molecule has 0 aromatic heterocycles. The third-order valence-corrected chi connectivity index (χ3v) is 3.98. The van der Waals surface area contributed by atoms with Crippen LogP contribution < -0.4 is 0 Å². The quantitative estimate of drug-likeness (QED) is 0.555. The highest BCUT2D eigenvalue weighted by Gasteiger charge is 2.38. The molecule has 0 amide bonds. The van der Waals surface area contributed by atoms with Crippen LogP contribution in [0.5, 0.6) is 0 Å². The van der Waals surface area contributed by atoms with Crippen molar-refractivity contribution < 1.29 is 18.1 Å². The van der Waals surface area contributed by atoms with Crippen molar-refractivity contribution in [2.45, 2.75) is 39.0 Å². The van der Waals surface area contributed by atoms with Gasteiger partial charge in [-0.1, -0.05) is 6.92 Å². The number of carbonyl (C=O) groups is 1. The summed E-state index contributed by atoms with van der Waals surface area (Å²) in [5.74, 6) is -0.312. The minimum atomic E-state index is -2.76. The first-order valence-corrected chi connectivity index (χ1v) is 7.85. The fourth-order valence-electron chi connectivity index (χ4n) is 1.11. The summed E-state index contributed by atoms with van der Waals surface area (Å²) in [7, 11) is -2.76. The molecule has 0 saturated heterocycles. The molecule has 0 rings (SSSR count). The van der Waals surface area contributed by atoms with Crippen molar-refractivity contribution in [1.82, 2.24) is 0 Å². The molecule has 0 radical (unpaired) electrons. The Morgan fingerprint density at radius 3 is 2.13 bits per heavy atom. The molecule has 15 heavy (non-hydrogen) atoms. The van der Waals surface area contributed by atoms with Gasteiger partial charge < -0.3 is 13.3 Å². The molecule has 6 heteroatoms. The van der Waals surface area contributed by atoms with Gasteiger partial charge in [-0.2, -0.15) is 12.6 Å². The van der Waals surface area contributed by atoms with E-state index in [1.165, 1.54) is 0 Å². The predicted molar refractivity (Wildman–Crippen MR) is 64.0 cm³/mol. The first kappa shape index (κ1) is 15.0. The van der Waals surface area contributed by atoms with Gasteiger partial charge >= 0.3 is 8.80 Å². The first-order chi connectivity index (χ1) is 6.93. The minimum Gasteiger partial charge on any atom is -0.473 e. The van der Waals surface area contributed by atoms with Crippen LogP contribution in [0.25, 0.3) is 0 Å². The lowest BCUT2D eigenvalue weighted by atomic mass is 10.3. The van der Waals surface area contributed by atoms with Crippen molar-refractivity contribution in [3.63, 3.8) is 0 Å². The van der Waals surface area contributed by atoms with Crippen molar-refractivity contribution in [2.24, 2.45) is 0 Å². The summed E-state index contributed by atoms with van der Waals surface area (Å²) in [6.45, 7) is 8.21. The highest BCUT2D eigenvalue weighted by Crippen LogP contribution is 2.12. The number of rotatable bonds is 7. The number of carbonyl (C=O) groups excluding carboxylic acids is 1. The summed E-state index contributed by atoms with van der Waals surface area (Å²) in [6, 6.07) is 0. The summed E-state index contributed by atoms with van der Waals surface area (Å²) >= 11 is 4.12. The molecular weight excluding hydrogens is 232 g/mol. The molecule has 0 bridgehead atoms. The van der Waals surface area contributed by atoms with Gasteiger partial charge in [0.2, 0.25) is 0 Å². The van der Waals surface area contributed by atoms with Crippen molar-refractivity contribution in [2.75, 3.05) is 13.2 Å². The van der Waals surface area contributed by atoms with E-state index in [2.05, 4.69) is 12.6 Å². The maximum absolute atomic E-state index is 11.4. The van der Waals surface area contributed by atoms with Crippen LogP contribution in [0.15, 0.2) is 0 Å². The van der Waals surface area contributed by atoms with Crippen LogP contribution in [0.1, 0.15) is 27.2 Å². The van der Waals surface area contributed by atoms with E-state index in [4.69, 9.17) is 13.3 Å². The molecule has 0 heterocycles. The molecule has 90 valence electrons. The topological polar surface area (TPSA) is 44.8 Å². The molecule has 0 spiro atoms. The van der Waals surface area contributed by atoms with Gasteiger partial charge in [-0.15, -0.1) is 0 Å². The Morgan fingerprint density at radius 1 is 1.33 bits per heavy atom. The zero-order chi connectivity index (χ0) is 11.9. The van der Waals surface area contributed by atoms with Crippen LogP contribution in [0.4, 0.5) is 0 Å². The number of hydrogen-bond donors (Lipinski definition) is 1. The van der Waals surface area contributed by atoms with E-state index < -0.39 is 8.80 Å². The fraction of sp³-hybridized carbons (Fsp3) is 0.889. The monoisotopic (exact) mass is 252 g/mol. The summed E-state index contributed by atoms with van der Waals surface area (Å²) in [5.41, 5.74) is 0. The van der Waals surface area contributed by atoms with E-state index in [-0.39, 0.29) is 17.6 Å². The third kappa shape index (κ3) is 6.94. The Bertz CT molecular complexity index is 193. The molecule has 0 aliphatic carbocycles. The van der Waals surface area contributed by atoms with Crippen LogP contribution in [-0.2, 0) is 18.1 Å². The van der Waals surface area contributed by atoms with E-state index in [0.29, 0.717) is 13.2 Å². The van der Waals surface area contributed by atoms with E-state index in [0.717, 1.165) is 0 Å². The minimum absolute atomic E-state index is 0.0148. The highest BCUT2D eigenvalue weighted by atomic mass is 32.1. The molecule has 0 aliphatic heterocycles. The Morgan fingerprint density at radius 2 is 1.80 bits per heavy atom. The maximum atomic E-state index is 11.4. The summed E-state index contributed by atoms with van der Waals surface area (Å²) in [6.07, 6.45) is 0.270. The molecule has 1 unspecified atom stereocenters. The lowest BCUT2D eigenvalue weighted by Crippen LogP contribution is -2.44. The second kappa shape index (κ2) is 7.27. The van der Waals surface area contributed by atoms with Crippen molar-refractivity contribution >= 4 is 27.4 Å². The third-order valence-electron chi connectivity index (χ3n) is 1.57. The number of hydrogen-bond acceptors (Lipinski definition) is 5. The lowest BCUT2D eigenvalue weighted by molar-refractivity contribution is -0.139. The van der Waals surface area contributed by atoms with Gasteiger partial charge in [0.1, 0.15) is 0 Å². The zero-order valence-electron chi connectivity index (χ0n) is 9.78. The standard InChI is InChI=1S/C9H20O4SSi/c1-5-11-15(4,12-6-2)13-9(10)7-8(3)14/h8,14H,5-7H2,1-4H3. The summed E-state index contributed by atoms with van der Waals surface area (Å²) < 4.78 is 16.0. The van der Waals surface area contributed by atoms with Gasteiger partial charge in [0.05, 0.1) is 6.42 Å². The largest absolute Gasteiger partial charge is 0.564 e. The van der Waals surface area contributed by atoms with Crippen LogP contribution in [0.2, 0.25) is 6.55 Å². The Balaban J connectivity index is 4.20. The summed E-state index contributed by atoms with van der Waals surface area (Å²) in [5, 5.41) is -0.0148. The van der Waals surface area contributed by atoms with Gasteiger partial charge in [-0.3, -0.25) is 4.79 Å². The van der Waals surface area contributed by atoms with Gasteiger partial charge in [-0.25, -0.2) is 0 Å². The van der Waals surface area contributed by atoms with E-state index >= 15 is 0 Å². The lowest BCUT2D eigenvalue weighted by Gasteiger charge is -2.24. The van der Waals surface area contributed by atoms with Gasteiger partial charge in [0.15, 0.2) is 0 Å². The smallest absolute Gasteiger partial charge is 0.473 e. The summed E-state index contributed by atoms with van der Waals surface area (Å²) in [4.78, 5) is 11.4. The van der Waals surface area contributed by atoms with Crippen molar-refractivity contribution in [1.29, 1.82) is 0 Å². The van der Waals surface area contributed by atoms with Crippen molar-refractivity contribution in [3.8, 4) is 0 Å². The van der Waals surface area contributed by atoms with Crippen LogP contribution in [-0.4, -0.2) is 33.2 Å². The predicted octanol–water partition coefficient (Wildman–Crippen LogP) is 1.88. The van der Waals surface area contributed by atoms with Crippen molar-refractivity contribution in [3.05, 3.63) is 0 Å². The maximum Gasteiger partial charge on any atom is 0.564 e. The second-order valence-electron chi connectivity index (χ2n) is 3.26. The Labute approximate surface area is 98.1 Å². The van der Waals surface area contributed by atoms with Crippen LogP contribution in [0.3, 0.4) is 0 Å². The van der Waals surface area contributed by atoms with E-state index in [9.17, 15) is 4.79 Å². The Kier molecular flexibility index (Phi) is 7.25. The second-order valence-corrected chi connectivity index (χ2v) is 6.64. The average Bonchev–Trinajstić information content (AvgIpc) is 2.01. The molecule has 4 nitrogen and oxygen atoms in total. The highest BCUT2D eigenvalue weighted by molar-refractivity contribution is 7.80. The molecule has 1 atom stereocenters.